The molecule has 1 N–H and O–H groups in total. The maximum absolute atomic E-state index is 6.02. The van der Waals surface area contributed by atoms with Gasteiger partial charge in [-0.15, -0.1) is 0 Å². The molecule has 0 saturated carbocycles. The Bertz CT molecular complexity index is 557. The number of benzene rings is 1. The van der Waals surface area contributed by atoms with Gasteiger partial charge in [0, 0.05) is 37.0 Å². The highest BCUT2D eigenvalue weighted by Crippen LogP contribution is 2.18. The van der Waals surface area contributed by atoms with Crippen molar-refractivity contribution in [2.75, 3.05) is 18.5 Å². The first-order valence-corrected chi connectivity index (χ1v) is 7.18. The summed E-state index contributed by atoms with van der Waals surface area (Å²) in [6, 6.07) is 12.1. The smallest absolute Gasteiger partial charge is 0.0562 e. The number of hydrogen-bond donors (Lipinski definition) is 1. The van der Waals surface area contributed by atoms with Crippen LogP contribution in [0.15, 0.2) is 42.6 Å². The third kappa shape index (κ3) is 4.22. The summed E-state index contributed by atoms with van der Waals surface area (Å²) in [7, 11) is 2.08. The summed E-state index contributed by atoms with van der Waals surface area (Å²) in [5, 5.41) is 4.07. The molecular weight excluding hydrogens is 270 g/mol. The van der Waals surface area contributed by atoms with E-state index in [0.717, 1.165) is 36.0 Å². The van der Waals surface area contributed by atoms with Gasteiger partial charge >= 0.3 is 0 Å². The summed E-state index contributed by atoms with van der Waals surface area (Å²) in [5.74, 6) is 0. The van der Waals surface area contributed by atoms with Gasteiger partial charge in [-0.2, -0.15) is 0 Å². The zero-order valence-electron chi connectivity index (χ0n) is 11.9. The maximum Gasteiger partial charge on any atom is 0.0562 e. The fraction of sp³-hybridized carbons (Fsp3) is 0.312. The molecule has 4 heteroatoms. The van der Waals surface area contributed by atoms with Gasteiger partial charge in [-0.3, -0.25) is 4.98 Å². The maximum atomic E-state index is 6.02. The van der Waals surface area contributed by atoms with E-state index in [-0.39, 0.29) is 0 Å². The molecule has 1 aromatic heterocycles. The Morgan fingerprint density at radius 1 is 1.25 bits per heavy atom. The van der Waals surface area contributed by atoms with Crippen LogP contribution >= 0.6 is 11.6 Å². The predicted molar refractivity (Wildman–Crippen MR) is 85.2 cm³/mol. The van der Waals surface area contributed by atoms with E-state index in [1.54, 1.807) is 0 Å². The van der Waals surface area contributed by atoms with Gasteiger partial charge in [0.25, 0.3) is 0 Å². The zero-order chi connectivity index (χ0) is 14.4. The van der Waals surface area contributed by atoms with Crippen molar-refractivity contribution in [1.29, 1.82) is 0 Å². The van der Waals surface area contributed by atoms with Crippen LogP contribution < -0.4 is 10.2 Å². The van der Waals surface area contributed by atoms with Crippen LogP contribution in [0.5, 0.6) is 0 Å². The van der Waals surface area contributed by atoms with Crippen molar-refractivity contribution in [3.8, 4) is 0 Å². The van der Waals surface area contributed by atoms with Crippen LogP contribution in [0.3, 0.4) is 0 Å². The Labute approximate surface area is 125 Å². The summed E-state index contributed by atoms with van der Waals surface area (Å²) in [6.07, 6.45) is 1.86. The van der Waals surface area contributed by atoms with Crippen LogP contribution in [0.25, 0.3) is 0 Å². The lowest BCUT2D eigenvalue weighted by atomic mass is 10.2. The summed E-state index contributed by atoms with van der Waals surface area (Å²) >= 11 is 6.02. The molecule has 1 heterocycles. The average molecular weight is 290 g/mol. The summed E-state index contributed by atoms with van der Waals surface area (Å²) in [5.41, 5.74) is 3.42. The van der Waals surface area contributed by atoms with Gasteiger partial charge in [0.05, 0.1) is 5.69 Å². The first-order chi connectivity index (χ1) is 9.69. The second-order valence-electron chi connectivity index (χ2n) is 4.77. The molecule has 3 nitrogen and oxygen atoms in total. The van der Waals surface area contributed by atoms with Crippen LogP contribution in [0.1, 0.15) is 18.2 Å². The van der Waals surface area contributed by atoms with Gasteiger partial charge < -0.3 is 10.2 Å². The first kappa shape index (κ1) is 14.8. The molecule has 0 aliphatic heterocycles. The molecule has 0 fully saturated rings. The number of hydrogen-bond acceptors (Lipinski definition) is 3. The largest absolute Gasteiger partial charge is 0.370 e. The molecule has 0 unspecified atom stereocenters. The fourth-order valence-electron chi connectivity index (χ4n) is 2.05. The van der Waals surface area contributed by atoms with Crippen molar-refractivity contribution in [3.63, 3.8) is 0 Å². The van der Waals surface area contributed by atoms with Crippen LogP contribution in [0.4, 0.5) is 5.69 Å². The van der Waals surface area contributed by atoms with Crippen molar-refractivity contribution in [1.82, 2.24) is 10.3 Å². The summed E-state index contributed by atoms with van der Waals surface area (Å²) in [6.45, 7) is 4.67. The Hall–Kier alpha value is -1.58. The minimum atomic E-state index is 0.776. The molecule has 0 atom stereocenters. The van der Waals surface area contributed by atoms with Gasteiger partial charge in [-0.25, -0.2) is 0 Å². The number of anilines is 1. The van der Waals surface area contributed by atoms with E-state index in [1.807, 2.05) is 30.5 Å². The normalized spacial score (nSPS) is 10.6. The molecule has 0 spiro atoms. The SMILES string of the molecule is CCNCc1cc(N(C)Cc2cccc(Cl)c2)ccn1. The molecule has 2 aromatic rings. The third-order valence-electron chi connectivity index (χ3n) is 3.11. The number of nitrogens with one attached hydrogen (secondary N) is 1. The topological polar surface area (TPSA) is 28.2 Å². The van der Waals surface area contributed by atoms with E-state index >= 15 is 0 Å². The first-order valence-electron chi connectivity index (χ1n) is 6.80. The Kier molecular flexibility index (Phi) is 5.39. The van der Waals surface area contributed by atoms with Gasteiger partial charge in [0.1, 0.15) is 0 Å². The number of nitrogens with zero attached hydrogens (tertiary/aromatic N) is 2. The number of pyridine rings is 1. The lowest BCUT2D eigenvalue weighted by Crippen LogP contribution is -2.18. The highest BCUT2D eigenvalue weighted by molar-refractivity contribution is 6.30. The molecule has 2 rings (SSSR count). The lowest BCUT2D eigenvalue weighted by molar-refractivity contribution is 0.710. The molecule has 0 bridgehead atoms. The molecule has 106 valence electrons. The summed E-state index contributed by atoms with van der Waals surface area (Å²) < 4.78 is 0. The minimum absolute atomic E-state index is 0.776. The van der Waals surface area contributed by atoms with Crippen LogP contribution in [-0.4, -0.2) is 18.6 Å². The third-order valence-corrected chi connectivity index (χ3v) is 3.34. The minimum Gasteiger partial charge on any atom is -0.370 e. The molecular formula is C16H20ClN3. The Balaban J connectivity index is 2.06. The monoisotopic (exact) mass is 289 g/mol. The second kappa shape index (κ2) is 7.27. The quantitative estimate of drug-likeness (QED) is 0.882. The molecule has 0 radical (unpaired) electrons. The number of rotatable bonds is 6. The molecule has 0 saturated heterocycles. The average Bonchev–Trinajstić information content (AvgIpc) is 2.45. The highest BCUT2D eigenvalue weighted by Gasteiger charge is 2.04. The molecule has 0 amide bonds. The fourth-order valence-corrected chi connectivity index (χ4v) is 2.27. The molecule has 1 aromatic carbocycles. The van der Waals surface area contributed by atoms with Gasteiger partial charge in [0.2, 0.25) is 0 Å². The molecule has 0 aliphatic rings. The van der Waals surface area contributed by atoms with E-state index in [9.17, 15) is 0 Å². The standard InChI is InChI=1S/C16H20ClN3/c1-3-18-11-15-10-16(7-8-19-15)20(2)12-13-5-4-6-14(17)9-13/h4-10,18H,3,11-12H2,1-2H3. The Morgan fingerprint density at radius 2 is 2.10 bits per heavy atom. The van der Waals surface area contributed by atoms with Gasteiger partial charge in [0.15, 0.2) is 0 Å². The van der Waals surface area contributed by atoms with Crippen LogP contribution in [0.2, 0.25) is 5.02 Å². The van der Waals surface area contributed by atoms with Crippen LogP contribution in [-0.2, 0) is 13.1 Å². The van der Waals surface area contributed by atoms with E-state index in [0.29, 0.717) is 0 Å². The van der Waals surface area contributed by atoms with Crippen LogP contribution in [0, 0.1) is 0 Å². The highest BCUT2D eigenvalue weighted by atomic mass is 35.5. The van der Waals surface area contributed by atoms with Crippen molar-refractivity contribution < 1.29 is 0 Å². The molecule has 0 aliphatic carbocycles. The Morgan fingerprint density at radius 3 is 2.85 bits per heavy atom. The van der Waals surface area contributed by atoms with Crippen molar-refractivity contribution in [2.45, 2.75) is 20.0 Å². The lowest BCUT2D eigenvalue weighted by Gasteiger charge is -2.20. The van der Waals surface area contributed by atoms with E-state index in [4.69, 9.17) is 11.6 Å². The zero-order valence-corrected chi connectivity index (χ0v) is 12.7. The van der Waals surface area contributed by atoms with E-state index in [1.165, 1.54) is 5.56 Å². The second-order valence-corrected chi connectivity index (χ2v) is 5.21. The van der Waals surface area contributed by atoms with E-state index < -0.39 is 0 Å². The number of aromatic nitrogens is 1. The summed E-state index contributed by atoms with van der Waals surface area (Å²) in [4.78, 5) is 6.57. The van der Waals surface area contributed by atoms with Crippen molar-refractivity contribution in [3.05, 3.63) is 58.9 Å². The predicted octanol–water partition coefficient (Wildman–Crippen LogP) is 3.48. The number of halogens is 1. The van der Waals surface area contributed by atoms with Gasteiger partial charge in [-0.1, -0.05) is 30.7 Å². The van der Waals surface area contributed by atoms with Crippen molar-refractivity contribution in [2.24, 2.45) is 0 Å². The van der Waals surface area contributed by atoms with Gasteiger partial charge in [-0.05, 0) is 36.4 Å². The molecule has 20 heavy (non-hydrogen) atoms. The van der Waals surface area contributed by atoms with Crippen molar-refractivity contribution >= 4 is 17.3 Å². The van der Waals surface area contributed by atoms with E-state index in [2.05, 4.69) is 41.3 Å².